The third kappa shape index (κ3) is 2.02. The molecule has 0 atom stereocenters. The van der Waals surface area contributed by atoms with Gasteiger partial charge in [-0.1, -0.05) is 13.8 Å². The summed E-state index contributed by atoms with van der Waals surface area (Å²) >= 11 is 0. The van der Waals surface area contributed by atoms with E-state index >= 15 is 0 Å². The van der Waals surface area contributed by atoms with Crippen molar-refractivity contribution in [3.8, 4) is 5.88 Å². The summed E-state index contributed by atoms with van der Waals surface area (Å²) in [5, 5.41) is 1.23. The van der Waals surface area contributed by atoms with Crippen LogP contribution in [0.1, 0.15) is 25.1 Å². The predicted molar refractivity (Wildman–Crippen MR) is 70.5 cm³/mol. The summed E-state index contributed by atoms with van der Waals surface area (Å²) in [6.07, 6.45) is 1.82. The number of pyridine rings is 1. The fraction of sp³-hybridized carbons (Fsp3) is 0.500. The molecule has 2 aromatic rings. The molecule has 2 heterocycles. The Morgan fingerprint density at radius 3 is 2.71 bits per heavy atom. The van der Waals surface area contributed by atoms with Gasteiger partial charge in [0, 0.05) is 24.3 Å². The number of hydrogen-bond donors (Lipinski definition) is 0. The third-order valence-corrected chi connectivity index (χ3v) is 3.23. The van der Waals surface area contributed by atoms with Gasteiger partial charge in [0.25, 0.3) is 0 Å². The van der Waals surface area contributed by atoms with Gasteiger partial charge in [-0.3, -0.25) is 0 Å². The van der Waals surface area contributed by atoms with Crippen LogP contribution < -0.4 is 4.74 Å². The highest BCUT2D eigenvalue weighted by molar-refractivity contribution is 5.88. The van der Waals surface area contributed by atoms with Crippen molar-refractivity contribution in [2.45, 2.75) is 27.7 Å². The second-order valence-corrected chi connectivity index (χ2v) is 4.99. The lowest BCUT2D eigenvalue weighted by atomic mass is 10.2. The van der Waals surface area contributed by atoms with E-state index in [0.29, 0.717) is 12.5 Å². The number of aromatic nitrogens is 2. The number of hydrogen-bond acceptors (Lipinski definition) is 2. The Morgan fingerprint density at radius 2 is 2.06 bits per heavy atom. The van der Waals surface area contributed by atoms with Crippen molar-refractivity contribution in [2.75, 3.05) is 6.61 Å². The minimum Gasteiger partial charge on any atom is -0.476 e. The van der Waals surface area contributed by atoms with Crippen molar-refractivity contribution in [3.63, 3.8) is 0 Å². The molecule has 0 N–H and O–H groups in total. The summed E-state index contributed by atoms with van der Waals surface area (Å²) in [4.78, 5) is 4.35. The van der Waals surface area contributed by atoms with E-state index in [-0.39, 0.29) is 0 Å². The lowest BCUT2D eigenvalue weighted by Gasteiger charge is -2.10. The van der Waals surface area contributed by atoms with E-state index in [0.717, 1.165) is 11.4 Å². The van der Waals surface area contributed by atoms with Gasteiger partial charge in [0.05, 0.1) is 6.61 Å². The second kappa shape index (κ2) is 4.40. The Labute approximate surface area is 102 Å². The van der Waals surface area contributed by atoms with E-state index in [4.69, 9.17) is 4.74 Å². The van der Waals surface area contributed by atoms with Crippen molar-refractivity contribution < 1.29 is 4.74 Å². The van der Waals surface area contributed by atoms with Crippen LogP contribution in [-0.4, -0.2) is 16.2 Å². The molecular weight excluding hydrogens is 212 g/mol. The number of nitrogens with zero attached hydrogens (tertiary/aromatic N) is 2. The smallest absolute Gasteiger partial charge is 0.238 e. The second-order valence-electron chi connectivity index (χ2n) is 4.99. The largest absolute Gasteiger partial charge is 0.476 e. The molecule has 3 nitrogen and oxygen atoms in total. The maximum absolute atomic E-state index is 5.80. The molecule has 0 spiro atoms. The van der Waals surface area contributed by atoms with Crippen LogP contribution in [0.25, 0.3) is 10.9 Å². The predicted octanol–water partition coefficient (Wildman–Crippen LogP) is 3.22. The monoisotopic (exact) mass is 232 g/mol. The zero-order valence-corrected chi connectivity index (χ0v) is 11.2. The van der Waals surface area contributed by atoms with Crippen molar-refractivity contribution in [3.05, 3.63) is 23.5 Å². The molecular formula is C14H20N2O. The Morgan fingerprint density at radius 1 is 1.35 bits per heavy atom. The molecule has 0 saturated heterocycles. The highest BCUT2D eigenvalue weighted by Gasteiger charge is 2.13. The molecule has 0 aliphatic rings. The fourth-order valence-electron chi connectivity index (χ4n) is 2.03. The van der Waals surface area contributed by atoms with Crippen LogP contribution in [0, 0.1) is 19.8 Å². The highest BCUT2D eigenvalue weighted by atomic mass is 16.5. The maximum atomic E-state index is 5.80. The van der Waals surface area contributed by atoms with Crippen LogP contribution in [-0.2, 0) is 7.05 Å². The molecule has 0 aliphatic heterocycles. The van der Waals surface area contributed by atoms with Crippen molar-refractivity contribution >= 4 is 10.9 Å². The van der Waals surface area contributed by atoms with E-state index in [2.05, 4.69) is 50.4 Å². The van der Waals surface area contributed by atoms with Crippen LogP contribution in [0.5, 0.6) is 5.88 Å². The Bertz CT molecular complexity index is 541. The summed E-state index contributed by atoms with van der Waals surface area (Å²) < 4.78 is 7.96. The van der Waals surface area contributed by atoms with Gasteiger partial charge in [-0.2, -0.15) is 0 Å². The average molecular weight is 232 g/mol. The molecule has 0 bridgehead atoms. The minimum atomic E-state index is 0.509. The topological polar surface area (TPSA) is 27.1 Å². The summed E-state index contributed by atoms with van der Waals surface area (Å²) in [5.41, 5.74) is 3.67. The zero-order chi connectivity index (χ0) is 12.6. The molecule has 0 amide bonds. The van der Waals surface area contributed by atoms with Crippen molar-refractivity contribution in [1.29, 1.82) is 0 Å². The lowest BCUT2D eigenvalue weighted by Crippen LogP contribution is -2.06. The summed E-state index contributed by atoms with van der Waals surface area (Å²) in [6.45, 7) is 9.25. The first-order valence-electron chi connectivity index (χ1n) is 6.05. The standard InChI is InChI=1S/C14H20N2O/c1-9(2)8-17-14-13-12(6-7-15-14)10(3)11(4)16(13)5/h6-7,9H,8H2,1-5H3. The van der Waals surface area contributed by atoms with Gasteiger partial charge in [-0.05, 0) is 31.4 Å². The Hall–Kier alpha value is -1.51. The highest BCUT2D eigenvalue weighted by Crippen LogP contribution is 2.29. The van der Waals surface area contributed by atoms with Crippen LogP contribution in [0.15, 0.2) is 12.3 Å². The molecule has 0 unspecified atom stereocenters. The molecule has 0 saturated carbocycles. The van der Waals surface area contributed by atoms with Crippen LogP contribution in [0.2, 0.25) is 0 Å². The van der Waals surface area contributed by atoms with E-state index in [1.54, 1.807) is 0 Å². The van der Waals surface area contributed by atoms with Gasteiger partial charge in [-0.25, -0.2) is 4.98 Å². The minimum absolute atomic E-state index is 0.509. The molecule has 0 fully saturated rings. The zero-order valence-electron chi connectivity index (χ0n) is 11.2. The number of fused-ring (bicyclic) bond motifs is 1. The van der Waals surface area contributed by atoms with Gasteiger partial charge >= 0.3 is 0 Å². The van der Waals surface area contributed by atoms with Crippen LogP contribution in [0.4, 0.5) is 0 Å². The molecule has 0 aliphatic carbocycles. The first-order chi connectivity index (χ1) is 8.02. The molecule has 0 aromatic carbocycles. The Balaban J connectivity index is 2.53. The van der Waals surface area contributed by atoms with E-state index in [1.807, 2.05) is 6.20 Å². The normalized spacial score (nSPS) is 11.4. The number of ether oxygens (including phenoxy) is 1. The summed E-state index contributed by atoms with van der Waals surface area (Å²) in [7, 11) is 2.06. The van der Waals surface area contributed by atoms with E-state index < -0.39 is 0 Å². The molecule has 2 aromatic heterocycles. The van der Waals surface area contributed by atoms with Gasteiger partial charge in [0.2, 0.25) is 5.88 Å². The number of aryl methyl sites for hydroxylation is 2. The lowest BCUT2D eigenvalue weighted by molar-refractivity contribution is 0.264. The maximum Gasteiger partial charge on any atom is 0.238 e. The van der Waals surface area contributed by atoms with Gasteiger partial charge in [-0.15, -0.1) is 0 Å². The summed E-state index contributed by atoms with van der Waals surface area (Å²) in [5.74, 6) is 1.25. The first-order valence-corrected chi connectivity index (χ1v) is 6.05. The third-order valence-electron chi connectivity index (χ3n) is 3.23. The quantitative estimate of drug-likeness (QED) is 0.812. The Kier molecular flexibility index (Phi) is 3.09. The van der Waals surface area contributed by atoms with E-state index in [9.17, 15) is 0 Å². The van der Waals surface area contributed by atoms with Gasteiger partial charge in [0.15, 0.2) is 0 Å². The molecule has 92 valence electrons. The van der Waals surface area contributed by atoms with Gasteiger partial charge in [0.1, 0.15) is 5.52 Å². The molecule has 3 heteroatoms. The fourth-order valence-corrected chi connectivity index (χ4v) is 2.03. The first kappa shape index (κ1) is 12.0. The molecule has 2 rings (SSSR count). The molecule has 17 heavy (non-hydrogen) atoms. The van der Waals surface area contributed by atoms with Gasteiger partial charge < -0.3 is 9.30 Å². The van der Waals surface area contributed by atoms with Crippen molar-refractivity contribution in [2.24, 2.45) is 13.0 Å². The summed E-state index contributed by atoms with van der Waals surface area (Å²) in [6, 6.07) is 2.06. The van der Waals surface area contributed by atoms with Crippen LogP contribution >= 0.6 is 0 Å². The average Bonchev–Trinajstić information content (AvgIpc) is 2.52. The van der Waals surface area contributed by atoms with Crippen LogP contribution in [0.3, 0.4) is 0 Å². The number of rotatable bonds is 3. The molecule has 0 radical (unpaired) electrons. The van der Waals surface area contributed by atoms with Crippen molar-refractivity contribution in [1.82, 2.24) is 9.55 Å². The SMILES string of the molecule is Cc1c(C)n(C)c2c(OCC(C)C)nccc12. The van der Waals surface area contributed by atoms with E-state index in [1.165, 1.54) is 16.6 Å².